The van der Waals surface area contributed by atoms with Crippen molar-refractivity contribution < 1.29 is 14.3 Å². The molecule has 2 saturated heterocycles. The van der Waals surface area contributed by atoms with Crippen molar-refractivity contribution in [3.8, 4) is 17.2 Å². The fourth-order valence-corrected chi connectivity index (χ4v) is 4.81. The molecule has 5 rings (SSSR count). The lowest BCUT2D eigenvalue weighted by atomic mass is 9.79. The average Bonchev–Trinajstić information content (AvgIpc) is 3.37. The van der Waals surface area contributed by atoms with Gasteiger partial charge in [0.1, 0.15) is 5.56 Å². The molecule has 7 nitrogen and oxygen atoms in total. The van der Waals surface area contributed by atoms with E-state index < -0.39 is 0 Å². The molecule has 1 spiro atoms. The summed E-state index contributed by atoms with van der Waals surface area (Å²) in [6.45, 7) is 5.39. The van der Waals surface area contributed by atoms with Crippen LogP contribution in [0.15, 0.2) is 35.3 Å². The molecule has 4 heterocycles. The number of nitrogens with one attached hydrogen (secondary N) is 1. The van der Waals surface area contributed by atoms with Crippen molar-refractivity contribution >= 4 is 5.91 Å². The van der Waals surface area contributed by atoms with E-state index in [9.17, 15) is 9.59 Å². The molecule has 7 heteroatoms. The first-order valence-corrected chi connectivity index (χ1v) is 10.2. The number of piperidine rings is 1. The van der Waals surface area contributed by atoms with E-state index in [0.29, 0.717) is 29.3 Å². The Bertz CT molecular complexity index is 1020. The Morgan fingerprint density at radius 2 is 2.03 bits per heavy atom. The van der Waals surface area contributed by atoms with Gasteiger partial charge in [0.15, 0.2) is 11.5 Å². The Kier molecular flexibility index (Phi) is 4.35. The monoisotopic (exact) mass is 395 g/mol. The van der Waals surface area contributed by atoms with Crippen LogP contribution in [0.2, 0.25) is 0 Å². The molecule has 3 aliphatic heterocycles. The normalized spacial score (nSPS) is 23.0. The third-order valence-electron chi connectivity index (χ3n) is 6.43. The van der Waals surface area contributed by atoms with Crippen molar-refractivity contribution in [2.24, 2.45) is 5.41 Å². The summed E-state index contributed by atoms with van der Waals surface area (Å²) in [7, 11) is 0. The van der Waals surface area contributed by atoms with Gasteiger partial charge in [-0.2, -0.15) is 0 Å². The third kappa shape index (κ3) is 3.09. The molecule has 152 valence electrons. The number of hydrogen-bond donors (Lipinski definition) is 1. The van der Waals surface area contributed by atoms with Gasteiger partial charge in [-0.3, -0.25) is 14.2 Å². The van der Waals surface area contributed by atoms with Crippen molar-refractivity contribution in [3.63, 3.8) is 0 Å². The van der Waals surface area contributed by atoms with E-state index in [4.69, 9.17) is 9.47 Å². The summed E-state index contributed by atoms with van der Waals surface area (Å²) in [6, 6.07) is 7.19. The predicted octanol–water partition coefficient (Wildman–Crippen LogP) is 2.09. The van der Waals surface area contributed by atoms with Crippen LogP contribution >= 0.6 is 0 Å². The van der Waals surface area contributed by atoms with Crippen LogP contribution in [0.25, 0.3) is 5.69 Å². The largest absolute Gasteiger partial charge is 0.454 e. The lowest BCUT2D eigenvalue weighted by Gasteiger charge is -2.40. The van der Waals surface area contributed by atoms with Crippen LogP contribution in [-0.4, -0.2) is 48.3 Å². The van der Waals surface area contributed by atoms with E-state index in [1.807, 2.05) is 17.9 Å². The number of pyridine rings is 1. The zero-order valence-corrected chi connectivity index (χ0v) is 16.6. The van der Waals surface area contributed by atoms with Crippen LogP contribution in [0.5, 0.6) is 11.5 Å². The maximum Gasteiger partial charge on any atom is 0.268 e. The summed E-state index contributed by atoms with van der Waals surface area (Å²) in [6.07, 6.45) is 4.92. The molecule has 1 N–H and O–H groups in total. The Morgan fingerprint density at radius 1 is 1.17 bits per heavy atom. The zero-order chi connectivity index (χ0) is 20.0. The molecule has 0 radical (unpaired) electrons. The van der Waals surface area contributed by atoms with Gasteiger partial charge in [-0.15, -0.1) is 0 Å². The van der Waals surface area contributed by atoms with E-state index in [1.54, 1.807) is 24.4 Å². The topological polar surface area (TPSA) is 72.8 Å². The number of amides is 1. The van der Waals surface area contributed by atoms with Crippen molar-refractivity contribution in [1.82, 2.24) is 14.8 Å². The molecule has 2 fully saturated rings. The standard InChI is InChI=1S/C22H25N3O4/c1-15-5-10-25(16-3-4-17-18(11-16)29-14-28-17)21(27)19(15)20(26)24-9-2-6-22(13-24)7-8-23-12-22/h3-5,10-11,23H,2,6-9,12-14H2,1H3. The molecule has 1 unspecified atom stereocenters. The maximum atomic E-state index is 13.4. The highest BCUT2D eigenvalue weighted by Gasteiger charge is 2.40. The van der Waals surface area contributed by atoms with Crippen molar-refractivity contribution in [3.05, 3.63) is 51.9 Å². The summed E-state index contributed by atoms with van der Waals surface area (Å²) in [5.41, 5.74) is 1.49. The number of ether oxygens (including phenoxy) is 2. The first kappa shape index (κ1) is 18.2. The van der Waals surface area contributed by atoms with Gasteiger partial charge in [-0.25, -0.2) is 0 Å². The summed E-state index contributed by atoms with van der Waals surface area (Å²) in [5, 5.41) is 3.43. The number of aryl methyl sites for hydroxylation is 1. The highest BCUT2D eigenvalue weighted by molar-refractivity contribution is 5.95. The molecular formula is C22H25N3O4. The molecular weight excluding hydrogens is 370 g/mol. The molecule has 2 aromatic rings. The van der Waals surface area contributed by atoms with E-state index in [1.165, 1.54) is 4.57 Å². The lowest BCUT2D eigenvalue weighted by Crippen LogP contribution is -2.48. The van der Waals surface area contributed by atoms with Crippen LogP contribution in [0.3, 0.4) is 0 Å². The Hall–Kier alpha value is -2.80. The number of carbonyl (C=O) groups excluding carboxylic acids is 1. The van der Waals surface area contributed by atoms with Gasteiger partial charge in [0.25, 0.3) is 11.5 Å². The Labute approximate surface area is 169 Å². The highest BCUT2D eigenvalue weighted by Crippen LogP contribution is 2.36. The molecule has 1 amide bonds. The van der Waals surface area contributed by atoms with E-state index in [-0.39, 0.29) is 29.2 Å². The van der Waals surface area contributed by atoms with Gasteiger partial charge < -0.3 is 19.7 Å². The van der Waals surface area contributed by atoms with Gasteiger partial charge in [0.05, 0.1) is 5.69 Å². The molecule has 3 aliphatic rings. The number of carbonyl (C=O) groups is 1. The second-order valence-corrected chi connectivity index (χ2v) is 8.34. The minimum absolute atomic E-state index is 0.159. The molecule has 29 heavy (non-hydrogen) atoms. The number of aromatic nitrogens is 1. The number of benzene rings is 1. The molecule has 0 bridgehead atoms. The van der Waals surface area contributed by atoms with E-state index >= 15 is 0 Å². The Morgan fingerprint density at radius 3 is 2.86 bits per heavy atom. The first-order chi connectivity index (χ1) is 14.1. The third-order valence-corrected chi connectivity index (χ3v) is 6.43. The molecule has 1 aromatic heterocycles. The second-order valence-electron chi connectivity index (χ2n) is 8.34. The summed E-state index contributed by atoms with van der Waals surface area (Å²) >= 11 is 0. The summed E-state index contributed by atoms with van der Waals surface area (Å²) < 4.78 is 12.3. The van der Waals surface area contributed by atoms with Crippen LogP contribution in [0.1, 0.15) is 35.2 Å². The summed E-state index contributed by atoms with van der Waals surface area (Å²) in [4.78, 5) is 28.6. The number of likely N-dealkylation sites (tertiary alicyclic amines) is 1. The number of rotatable bonds is 2. The molecule has 0 aliphatic carbocycles. The highest BCUT2D eigenvalue weighted by atomic mass is 16.7. The first-order valence-electron chi connectivity index (χ1n) is 10.2. The maximum absolute atomic E-state index is 13.4. The second kappa shape index (κ2) is 6.91. The van der Waals surface area contributed by atoms with Crippen LogP contribution in [-0.2, 0) is 0 Å². The van der Waals surface area contributed by atoms with Crippen molar-refractivity contribution in [2.75, 3.05) is 33.0 Å². The van der Waals surface area contributed by atoms with Gasteiger partial charge in [0.2, 0.25) is 6.79 Å². The quantitative estimate of drug-likeness (QED) is 0.843. The molecule has 1 aromatic carbocycles. The zero-order valence-electron chi connectivity index (χ0n) is 16.6. The number of nitrogens with zero attached hydrogens (tertiary/aromatic N) is 2. The van der Waals surface area contributed by atoms with Gasteiger partial charge in [0, 0.05) is 37.3 Å². The fraction of sp³-hybridized carbons (Fsp3) is 0.455. The smallest absolute Gasteiger partial charge is 0.268 e. The average molecular weight is 395 g/mol. The summed E-state index contributed by atoms with van der Waals surface area (Å²) in [5.74, 6) is 1.11. The minimum Gasteiger partial charge on any atom is -0.454 e. The van der Waals surface area contributed by atoms with Gasteiger partial charge in [-0.05, 0) is 56.5 Å². The van der Waals surface area contributed by atoms with Crippen molar-refractivity contribution in [2.45, 2.75) is 26.2 Å². The van der Waals surface area contributed by atoms with Crippen LogP contribution in [0.4, 0.5) is 0 Å². The number of fused-ring (bicyclic) bond motifs is 1. The number of hydrogen-bond acceptors (Lipinski definition) is 5. The van der Waals surface area contributed by atoms with E-state index in [2.05, 4.69) is 5.32 Å². The predicted molar refractivity (Wildman–Crippen MR) is 108 cm³/mol. The molecule has 1 atom stereocenters. The Balaban J connectivity index is 1.49. The lowest BCUT2D eigenvalue weighted by molar-refractivity contribution is 0.0550. The molecule has 0 saturated carbocycles. The minimum atomic E-state index is -0.293. The fourth-order valence-electron chi connectivity index (χ4n) is 4.81. The van der Waals surface area contributed by atoms with Crippen LogP contribution < -0.4 is 20.3 Å². The van der Waals surface area contributed by atoms with Gasteiger partial charge >= 0.3 is 0 Å². The SMILES string of the molecule is Cc1ccn(-c2ccc3c(c2)OCO3)c(=O)c1C(=O)N1CCCC2(CCNC2)C1. The van der Waals surface area contributed by atoms with Crippen LogP contribution in [0, 0.1) is 12.3 Å². The van der Waals surface area contributed by atoms with E-state index in [0.717, 1.165) is 38.9 Å². The van der Waals surface area contributed by atoms with Gasteiger partial charge in [-0.1, -0.05) is 0 Å². The van der Waals surface area contributed by atoms with Crippen molar-refractivity contribution in [1.29, 1.82) is 0 Å².